The minimum absolute atomic E-state index is 0.0260. The van der Waals surface area contributed by atoms with Gasteiger partial charge in [0.15, 0.2) is 5.11 Å². The largest absolute Gasteiger partial charge is 0.270 e. The number of amides is 2. The standard InChI is InChI=1S/C34H23ClN2O2S/c35-31-18-10-8-12-25(31)21-24-20-19-23-11-7-9-17-28(23)29(24)22-30-32(38)36(26-13-3-1-4-14-26)34(40)37(33(30)39)27-15-5-2-6-16-27/h1-20,22H,21H2. The summed E-state index contributed by atoms with van der Waals surface area (Å²) in [5.74, 6) is -0.935. The van der Waals surface area contributed by atoms with Crippen molar-refractivity contribution in [1.29, 1.82) is 0 Å². The van der Waals surface area contributed by atoms with E-state index >= 15 is 0 Å². The summed E-state index contributed by atoms with van der Waals surface area (Å²) < 4.78 is 0. The molecule has 1 fully saturated rings. The first-order chi connectivity index (χ1) is 19.5. The molecule has 0 bridgehead atoms. The number of hydrogen-bond donors (Lipinski definition) is 0. The van der Waals surface area contributed by atoms with Gasteiger partial charge in [-0.1, -0.05) is 103 Å². The van der Waals surface area contributed by atoms with E-state index in [1.165, 1.54) is 9.80 Å². The maximum atomic E-state index is 14.1. The molecule has 0 spiro atoms. The molecule has 40 heavy (non-hydrogen) atoms. The number of halogens is 1. The summed E-state index contributed by atoms with van der Waals surface area (Å²) in [5.41, 5.74) is 3.91. The molecule has 2 amide bonds. The predicted octanol–water partition coefficient (Wildman–Crippen LogP) is 7.83. The Balaban J connectivity index is 1.56. The Morgan fingerprint density at radius 1 is 0.625 bits per heavy atom. The minimum Gasteiger partial charge on any atom is -0.268 e. The summed E-state index contributed by atoms with van der Waals surface area (Å²) in [7, 11) is 0. The molecule has 0 aliphatic carbocycles. The first-order valence-corrected chi connectivity index (χ1v) is 13.6. The molecule has 0 N–H and O–H groups in total. The topological polar surface area (TPSA) is 40.6 Å². The molecule has 0 saturated carbocycles. The average Bonchev–Trinajstić information content (AvgIpc) is 2.98. The fourth-order valence-electron chi connectivity index (χ4n) is 5.00. The molecule has 6 rings (SSSR count). The van der Waals surface area contributed by atoms with Crippen molar-refractivity contribution in [3.05, 3.63) is 149 Å². The molecule has 1 aliphatic heterocycles. The van der Waals surface area contributed by atoms with E-state index in [1.54, 1.807) is 6.08 Å². The fourth-order valence-corrected chi connectivity index (χ4v) is 5.57. The highest BCUT2D eigenvalue weighted by molar-refractivity contribution is 7.81. The second kappa shape index (κ2) is 10.9. The van der Waals surface area contributed by atoms with Gasteiger partial charge in [0.2, 0.25) is 0 Å². The van der Waals surface area contributed by atoms with E-state index in [2.05, 4.69) is 6.07 Å². The lowest BCUT2D eigenvalue weighted by atomic mass is 9.92. The van der Waals surface area contributed by atoms with Crippen LogP contribution in [0.25, 0.3) is 16.8 Å². The van der Waals surface area contributed by atoms with E-state index in [1.807, 2.05) is 115 Å². The number of carbonyl (C=O) groups is 2. The highest BCUT2D eigenvalue weighted by atomic mass is 35.5. The third-order valence-corrected chi connectivity index (χ3v) is 7.70. The summed E-state index contributed by atoms with van der Waals surface area (Å²) in [6.07, 6.45) is 2.25. The van der Waals surface area contributed by atoms with Gasteiger partial charge in [-0.25, -0.2) is 0 Å². The smallest absolute Gasteiger partial charge is 0.268 e. The first-order valence-electron chi connectivity index (χ1n) is 12.8. The van der Waals surface area contributed by atoms with Crippen LogP contribution >= 0.6 is 23.8 Å². The highest BCUT2D eigenvalue weighted by Gasteiger charge is 2.41. The molecule has 1 heterocycles. The maximum absolute atomic E-state index is 14.1. The van der Waals surface area contributed by atoms with Crippen LogP contribution in [0.1, 0.15) is 16.7 Å². The lowest BCUT2D eigenvalue weighted by molar-refractivity contribution is -0.120. The van der Waals surface area contributed by atoms with Gasteiger partial charge < -0.3 is 0 Å². The molecule has 0 aromatic heterocycles. The Morgan fingerprint density at radius 2 is 1.18 bits per heavy atom. The Labute approximate surface area is 242 Å². The molecule has 5 aromatic rings. The second-order valence-corrected chi connectivity index (χ2v) is 10.2. The molecular formula is C34H23ClN2O2S. The number of nitrogens with zero attached hydrogens (tertiary/aromatic N) is 2. The fraction of sp³-hybridized carbons (Fsp3) is 0.0294. The molecule has 5 aromatic carbocycles. The number of para-hydroxylation sites is 2. The van der Waals surface area contributed by atoms with Crippen LogP contribution in [-0.2, 0) is 16.0 Å². The van der Waals surface area contributed by atoms with E-state index in [0.717, 1.165) is 27.5 Å². The van der Waals surface area contributed by atoms with Crippen LogP contribution in [-0.4, -0.2) is 16.9 Å². The van der Waals surface area contributed by atoms with Gasteiger partial charge in [-0.2, -0.15) is 0 Å². The maximum Gasteiger partial charge on any atom is 0.270 e. The molecule has 6 heteroatoms. The zero-order valence-corrected chi connectivity index (χ0v) is 22.9. The molecule has 0 atom stereocenters. The van der Waals surface area contributed by atoms with Crippen LogP contribution < -0.4 is 9.80 Å². The summed E-state index contributed by atoms with van der Waals surface area (Å²) in [4.78, 5) is 31.0. The summed E-state index contributed by atoms with van der Waals surface area (Å²) in [5, 5.41) is 2.71. The van der Waals surface area contributed by atoms with Crippen LogP contribution in [0.15, 0.2) is 127 Å². The lowest BCUT2D eigenvalue weighted by Crippen LogP contribution is -2.56. The summed E-state index contributed by atoms with van der Waals surface area (Å²) in [6, 6.07) is 38.0. The third-order valence-electron chi connectivity index (χ3n) is 6.97. The van der Waals surface area contributed by atoms with Crippen LogP contribution in [0.3, 0.4) is 0 Å². The summed E-state index contributed by atoms with van der Waals surface area (Å²) >= 11 is 12.3. The van der Waals surface area contributed by atoms with Gasteiger partial charge in [-0.05, 0) is 82.5 Å². The van der Waals surface area contributed by atoms with Crippen molar-refractivity contribution >= 4 is 69.0 Å². The second-order valence-electron chi connectivity index (χ2n) is 9.42. The zero-order chi connectivity index (χ0) is 27.6. The molecule has 4 nitrogen and oxygen atoms in total. The minimum atomic E-state index is -0.468. The van der Waals surface area contributed by atoms with Crippen LogP contribution in [0.5, 0.6) is 0 Å². The number of fused-ring (bicyclic) bond motifs is 1. The number of carbonyl (C=O) groups excluding carboxylic acids is 2. The number of rotatable bonds is 5. The summed E-state index contributed by atoms with van der Waals surface area (Å²) in [6.45, 7) is 0. The Bertz CT molecular complexity index is 1740. The van der Waals surface area contributed by atoms with Crippen molar-refractivity contribution in [2.24, 2.45) is 0 Å². The van der Waals surface area contributed by atoms with Crippen molar-refractivity contribution in [2.75, 3.05) is 9.80 Å². The van der Waals surface area contributed by atoms with Crippen LogP contribution in [0.2, 0.25) is 5.02 Å². The van der Waals surface area contributed by atoms with E-state index < -0.39 is 11.8 Å². The Morgan fingerprint density at radius 3 is 1.80 bits per heavy atom. The molecular weight excluding hydrogens is 536 g/mol. The number of benzene rings is 5. The Kier molecular flexibility index (Phi) is 6.99. The molecule has 194 valence electrons. The van der Waals surface area contributed by atoms with Crippen molar-refractivity contribution in [1.82, 2.24) is 0 Å². The van der Waals surface area contributed by atoms with E-state index in [0.29, 0.717) is 22.8 Å². The van der Waals surface area contributed by atoms with Crippen LogP contribution in [0, 0.1) is 0 Å². The molecule has 0 radical (unpaired) electrons. The Hall–Kier alpha value is -4.58. The lowest BCUT2D eigenvalue weighted by Gasteiger charge is -2.36. The zero-order valence-electron chi connectivity index (χ0n) is 21.3. The van der Waals surface area contributed by atoms with Gasteiger partial charge in [0.1, 0.15) is 5.57 Å². The van der Waals surface area contributed by atoms with Gasteiger partial charge in [0.05, 0.1) is 11.4 Å². The number of anilines is 2. The normalized spacial score (nSPS) is 13.7. The van der Waals surface area contributed by atoms with E-state index in [-0.39, 0.29) is 10.7 Å². The van der Waals surface area contributed by atoms with Gasteiger partial charge in [0, 0.05) is 5.02 Å². The average molecular weight is 559 g/mol. The SMILES string of the molecule is O=C1C(=Cc2c(Cc3ccccc3Cl)ccc3ccccc23)C(=O)N(c2ccccc2)C(=S)N1c1ccccc1. The van der Waals surface area contributed by atoms with Crippen molar-refractivity contribution in [3.63, 3.8) is 0 Å². The van der Waals surface area contributed by atoms with E-state index in [9.17, 15) is 9.59 Å². The van der Waals surface area contributed by atoms with Crippen molar-refractivity contribution in [2.45, 2.75) is 6.42 Å². The molecule has 0 unspecified atom stereocenters. The van der Waals surface area contributed by atoms with Crippen molar-refractivity contribution in [3.8, 4) is 0 Å². The highest BCUT2D eigenvalue weighted by Crippen LogP contribution is 2.33. The van der Waals surface area contributed by atoms with Crippen molar-refractivity contribution < 1.29 is 9.59 Å². The number of hydrogen-bond acceptors (Lipinski definition) is 3. The van der Waals surface area contributed by atoms with Gasteiger partial charge in [-0.15, -0.1) is 0 Å². The predicted molar refractivity (Wildman–Crippen MR) is 167 cm³/mol. The van der Waals surface area contributed by atoms with Gasteiger partial charge in [-0.3, -0.25) is 19.4 Å². The first kappa shape index (κ1) is 25.7. The van der Waals surface area contributed by atoms with Gasteiger partial charge >= 0.3 is 0 Å². The quantitative estimate of drug-likeness (QED) is 0.125. The third kappa shape index (κ3) is 4.70. The number of thiocarbonyl (C=S) groups is 1. The molecule has 1 saturated heterocycles. The van der Waals surface area contributed by atoms with Gasteiger partial charge in [0.25, 0.3) is 11.8 Å². The van der Waals surface area contributed by atoms with E-state index in [4.69, 9.17) is 23.8 Å². The molecule has 1 aliphatic rings. The monoisotopic (exact) mass is 558 g/mol. The van der Waals surface area contributed by atoms with Crippen LogP contribution in [0.4, 0.5) is 11.4 Å².